The van der Waals surface area contributed by atoms with Crippen molar-refractivity contribution in [3.8, 4) is 0 Å². The third kappa shape index (κ3) is 4.17. The van der Waals surface area contributed by atoms with Gasteiger partial charge in [0.15, 0.2) is 0 Å². The lowest BCUT2D eigenvalue weighted by Crippen LogP contribution is -2.20. The van der Waals surface area contributed by atoms with E-state index in [0.717, 1.165) is 44.1 Å². The summed E-state index contributed by atoms with van der Waals surface area (Å²) in [6.07, 6.45) is 5.16. The minimum absolute atomic E-state index is 0.148. The molecule has 4 heteroatoms. The minimum Gasteiger partial charge on any atom is -0.462 e. The molecule has 102 valence electrons. The molecule has 0 N–H and O–H groups in total. The van der Waals surface area contributed by atoms with Gasteiger partial charge in [0, 0.05) is 0 Å². The van der Waals surface area contributed by atoms with E-state index in [1.165, 1.54) is 0 Å². The second kappa shape index (κ2) is 7.90. The summed E-state index contributed by atoms with van der Waals surface area (Å²) in [6.45, 7) is 4.53. The Balaban J connectivity index is 2.78. The Hall–Kier alpha value is -1.32. The molecule has 1 rings (SSSR count). The first kappa shape index (κ1) is 14.7. The molecule has 0 saturated heterocycles. The van der Waals surface area contributed by atoms with Crippen LogP contribution in [0.5, 0.6) is 0 Å². The average molecular weight is 254 g/mol. The molecule has 0 aromatic rings. The highest BCUT2D eigenvalue weighted by Gasteiger charge is 2.27. The first-order valence-electron chi connectivity index (χ1n) is 6.77. The van der Waals surface area contributed by atoms with E-state index in [-0.39, 0.29) is 5.57 Å². The van der Waals surface area contributed by atoms with E-state index in [1.807, 2.05) is 13.8 Å². The van der Waals surface area contributed by atoms with Crippen LogP contribution in [0.25, 0.3) is 0 Å². The predicted octanol–water partition coefficient (Wildman–Crippen LogP) is 2.76. The van der Waals surface area contributed by atoms with Crippen LogP contribution in [0.2, 0.25) is 0 Å². The van der Waals surface area contributed by atoms with Crippen LogP contribution in [0.3, 0.4) is 0 Å². The number of carbonyl (C=O) groups excluding carboxylic acids is 2. The molecule has 0 unspecified atom stereocenters. The van der Waals surface area contributed by atoms with Crippen LogP contribution >= 0.6 is 0 Å². The number of ether oxygens (including phenoxy) is 2. The average Bonchev–Trinajstić information content (AvgIpc) is 2.87. The lowest BCUT2D eigenvalue weighted by atomic mass is 10.1. The third-order valence-corrected chi connectivity index (χ3v) is 2.84. The van der Waals surface area contributed by atoms with Crippen molar-refractivity contribution in [1.82, 2.24) is 0 Å². The second-order valence-corrected chi connectivity index (χ2v) is 4.46. The fourth-order valence-corrected chi connectivity index (χ4v) is 1.96. The van der Waals surface area contributed by atoms with Crippen LogP contribution in [-0.2, 0) is 19.1 Å². The van der Waals surface area contributed by atoms with E-state index in [9.17, 15) is 9.59 Å². The zero-order chi connectivity index (χ0) is 13.4. The number of carbonyl (C=O) groups is 2. The van der Waals surface area contributed by atoms with Gasteiger partial charge in [-0.3, -0.25) is 0 Å². The molecule has 0 heterocycles. The normalized spacial score (nSPS) is 14.4. The standard InChI is InChI=1S/C14H22O4/c1-3-9-17-13(15)12(11-7-5-6-8-11)14(16)18-10-4-2/h3-10H2,1-2H3. The highest BCUT2D eigenvalue weighted by molar-refractivity contribution is 6.14. The molecule has 0 atom stereocenters. The Kier molecular flexibility index (Phi) is 6.47. The van der Waals surface area contributed by atoms with Crippen molar-refractivity contribution in [2.45, 2.75) is 52.4 Å². The van der Waals surface area contributed by atoms with Crippen molar-refractivity contribution in [3.63, 3.8) is 0 Å². The smallest absolute Gasteiger partial charge is 0.345 e. The van der Waals surface area contributed by atoms with Crippen LogP contribution in [-0.4, -0.2) is 25.2 Å². The van der Waals surface area contributed by atoms with Gasteiger partial charge >= 0.3 is 11.9 Å². The molecular formula is C14H22O4. The van der Waals surface area contributed by atoms with Crippen molar-refractivity contribution in [2.24, 2.45) is 0 Å². The molecule has 0 spiro atoms. The van der Waals surface area contributed by atoms with Crippen LogP contribution in [0.15, 0.2) is 11.1 Å². The van der Waals surface area contributed by atoms with Gasteiger partial charge in [0.2, 0.25) is 0 Å². The van der Waals surface area contributed by atoms with E-state index < -0.39 is 11.9 Å². The molecule has 0 amide bonds. The zero-order valence-corrected chi connectivity index (χ0v) is 11.3. The molecule has 1 aliphatic rings. The van der Waals surface area contributed by atoms with Crippen molar-refractivity contribution in [1.29, 1.82) is 0 Å². The van der Waals surface area contributed by atoms with Gasteiger partial charge in [-0.25, -0.2) is 9.59 Å². The maximum Gasteiger partial charge on any atom is 0.345 e. The van der Waals surface area contributed by atoms with Crippen molar-refractivity contribution >= 4 is 11.9 Å². The molecule has 1 fully saturated rings. The van der Waals surface area contributed by atoms with E-state index in [1.54, 1.807) is 0 Å². The first-order valence-corrected chi connectivity index (χ1v) is 6.77. The predicted molar refractivity (Wildman–Crippen MR) is 68.0 cm³/mol. The lowest BCUT2D eigenvalue weighted by molar-refractivity contribution is -0.147. The summed E-state index contributed by atoms with van der Waals surface area (Å²) in [4.78, 5) is 23.8. The van der Waals surface area contributed by atoms with Gasteiger partial charge in [-0.2, -0.15) is 0 Å². The third-order valence-electron chi connectivity index (χ3n) is 2.84. The molecule has 0 radical (unpaired) electrons. The summed E-state index contributed by atoms with van der Waals surface area (Å²) in [5.41, 5.74) is 1.05. The first-order chi connectivity index (χ1) is 8.70. The van der Waals surface area contributed by atoms with Gasteiger partial charge in [0.25, 0.3) is 0 Å². The van der Waals surface area contributed by atoms with Crippen molar-refractivity contribution in [3.05, 3.63) is 11.1 Å². The molecule has 4 nitrogen and oxygen atoms in total. The molecular weight excluding hydrogens is 232 g/mol. The summed E-state index contributed by atoms with van der Waals surface area (Å²) in [5.74, 6) is -1.04. The number of hydrogen-bond donors (Lipinski definition) is 0. The zero-order valence-electron chi connectivity index (χ0n) is 11.3. The molecule has 0 aromatic heterocycles. The summed E-state index contributed by atoms with van der Waals surface area (Å²) >= 11 is 0. The molecule has 1 saturated carbocycles. The number of esters is 2. The maximum absolute atomic E-state index is 11.9. The second-order valence-electron chi connectivity index (χ2n) is 4.46. The summed E-state index contributed by atoms with van der Waals surface area (Å²) in [7, 11) is 0. The van der Waals surface area contributed by atoms with Crippen molar-refractivity contribution in [2.75, 3.05) is 13.2 Å². The Labute approximate surface area is 108 Å². The molecule has 1 aliphatic carbocycles. The Morgan fingerprint density at radius 3 is 1.78 bits per heavy atom. The molecule has 0 aromatic carbocycles. The van der Waals surface area contributed by atoms with Gasteiger partial charge in [0.1, 0.15) is 5.57 Å². The topological polar surface area (TPSA) is 52.6 Å². The van der Waals surface area contributed by atoms with Gasteiger partial charge in [-0.05, 0) is 44.1 Å². The molecule has 0 aliphatic heterocycles. The molecule has 18 heavy (non-hydrogen) atoms. The maximum atomic E-state index is 11.9. The van der Waals surface area contributed by atoms with E-state index in [0.29, 0.717) is 13.2 Å². The summed E-state index contributed by atoms with van der Waals surface area (Å²) in [5, 5.41) is 0. The quantitative estimate of drug-likeness (QED) is 0.316. The van der Waals surface area contributed by atoms with Gasteiger partial charge in [0.05, 0.1) is 13.2 Å². The summed E-state index contributed by atoms with van der Waals surface area (Å²) in [6, 6.07) is 0. The van der Waals surface area contributed by atoms with Gasteiger partial charge in [-0.15, -0.1) is 0 Å². The van der Waals surface area contributed by atoms with Crippen LogP contribution < -0.4 is 0 Å². The Morgan fingerprint density at radius 1 is 0.944 bits per heavy atom. The summed E-state index contributed by atoms with van der Waals surface area (Å²) < 4.78 is 10.1. The van der Waals surface area contributed by atoms with Crippen LogP contribution in [0.1, 0.15) is 52.4 Å². The van der Waals surface area contributed by atoms with Crippen LogP contribution in [0.4, 0.5) is 0 Å². The SMILES string of the molecule is CCCOC(=O)C(C(=O)OCCC)=C1CCCC1. The monoisotopic (exact) mass is 254 g/mol. The van der Waals surface area contributed by atoms with E-state index in [4.69, 9.17) is 9.47 Å². The van der Waals surface area contributed by atoms with Gasteiger partial charge in [-0.1, -0.05) is 13.8 Å². The van der Waals surface area contributed by atoms with Gasteiger partial charge < -0.3 is 9.47 Å². The number of rotatable bonds is 6. The number of allylic oxidation sites excluding steroid dienone is 1. The fourth-order valence-electron chi connectivity index (χ4n) is 1.96. The van der Waals surface area contributed by atoms with Crippen LogP contribution in [0, 0.1) is 0 Å². The van der Waals surface area contributed by atoms with E-state index >= 15 is 0 Å². The lowest BCUT2D eigenvalue weighted by Gasteiger charge is -2.10. The largest absolute Gasteiger partial charge is 0.462 e. The Bertz CT molecular complexity index is 301. The molecule has 0 bridgehead atoms. The van der Waals surface area contributed by atoms with Crippen molar-refractivity contribution < 1.29 is 19.1 Å². The number of hydrogen-bond acceptors (Lipinski definition) is 4. The highest BCUT2D eigenvalue weighted by Crippen LogP contribution is 2.28. The highest BCUT2D eigenvalue weighted by atomic mass is 16.6. The minimum atomic E-state index is -0.519. The fraction of sp³-hybridized carbons (Fsp3) is 0.714. The Morgan fingerprint density at radius 2 is 1.39 bits per heavy atom. The van der Waals surface area contributed by atoms with E-state index in [2.05, 4.69) is 0 Å².